The summed E-state index contributed by atoms with van der Waals surface area (Å²) in [6.45, 7) is 1.94. The van der Waals surface area contributed by atoms with E-state index in [4.69, 9.17) is 16.7 Å². The van der Waals surface area contributed by atoms with Gasteiger partial charge in [0.2, 0.25) is 0 Å². The summed E-state index contributed by atoms with van der Waals surface area (Å²) in [6.07, 6.45) is 2.03. The Morgan fingerprint density at radius 2 is 2.06 bits per heavy atom. The number of benzene rings is 1. The Hall–Kier alpha value is -1.06. The Morgan fingerprint density at radius 1 is 1.38 bits per heavy atom. The van der Waals surface area contributed by atoms with E-state index < -0.39 is 5.97 Å². The maximum atomic E-state index is 11.0. The lowest BCUT2D eigenvalue weighted by Gasteiger charge is -2.24. The number of hydrogen-bond acceptors (Lipinski definition) is 2. The zero-order valence-corrected chi connectivity index (χ0v) is 9.63. The first-order chi connectivity index (χ1) is 7.70. The molecule has 4 heteroatoms. The van der Waals surface area contributed by atoms with Gasteiger partial charge >= 0.3 is 5.97 Å². The molecule has 1 fully saturated rings. The van der Waals surface area contributed by atoms with Crippen molar-refractivity contribution >= 4 is 17.6 Å². The van der Waals surface area contributed by atoms with Crippen LogP contribution >= 0.6 is 11.6 Å². The first-order valence-electron chi connectivity index (χ1n) is 5.42. The molecule has 86 valence electrons. The largest absolute Gasteiger partial charge is 0.478 e. The van der Waals surface area contributed by atoms with Gasteiger partial charge in [-0.15, -0.1) is 0 Å². The van der Waals surface area contributed by atoms with Crippen LogP contribution in [-0.2, 0) is 0 Å². The van der Waals surface area contributed by atoms with Crippen LogP contribution in [0.3, 0.4) is 0 Å². The highest BCUT2D eigenvalue weighted by Gasteiger charge is 2.20. The van der Waals surface area contributed by atoms with Crippen molar-refractivity contribution in [3.8, 4) is 0 Å². The molecule has 1 saturated heterocycles. The predicted molar refractivity (Wildman–Crippen MR) is 63.3 cm³/mol. The lowest BCUT2D eigenvalue weighted by atomic mass is 9.89. The molecule has 0 radical (unpaired) electrons. The second kappa shape index (κ2) is 4.85. The molecule has 0 bridgehead atoms. The Morgan fingerprint density at radius 3 is 2.69 bits per heavy atom. The zero-order chi connectivity index (χ0) is 11.5. The van der Waals surface area contributed by atoms with Gasteiger partial charge in [0, 0.05) is 0 Å². The van der Waals surface area contributed by atoms with E-state index in [1.54, 1.807) is 12.1 Å². The van der Waals surface area contributed by atoms with Crippen molar-refractivity contribution in [2.45, 2.75) is 18.8 Å². The zero-order valence-electron chi connectivity index (χ0n) is 8.87. The first-order valence-corrected chi connectivity index (χ1v) is 5.80. The molecule has 1 aromatic rings. The molecule has 1 aliphatic heterocycles. The van der Waals surface area contributed by atoms with Crippen LogP contribution in [0.2, 0.25) is 5.02 Å². The smallest absolute Gasteiger partial charge is 0.337 e. The number of carbonyl (C=O) groups is 1. The van der Waals surface area contributed by atoms with Gasteiger partial charge in [0.05, 0.1) is 10.6 Å². The molecule has 1 aromatic carbocycles. The Bertz CT molecular complexity index is 400. The Balaban J connectivity index is 2.33. The fourth-order valence-electron chi connectivity index (χ4n) is 2.16. The topological polar surface area (TPSA) is 49.3 Å². The second-order valence-corrected chi connectivity index (χ2v) is 4.42. The summed E-state index contributed by atoms with van der Waals surface area (Å²) in [5.74, 6) is -0.575. The van der Waals surface area contributed by atoms with Crippen molar-refractivity contribution in [3.05, 3.63) is 34.3 Å². The van der Waals surface area contributed by atoms with E-state index in [-0.39, 0.29) is 5.56 Å². The number of carboxylic acid groups (broad SMARTS) is 1. The Labute approximate surface area is 99.4 Å². The summed E-state index contributed by atoms with van der Waals surface area (Å²) in [6, 6.07) is 5.26. The molecule has 0 amide bonds. The molecule has 0 aliphatic carbocycles. The van der Waals surface area contributed by atoms with Gasteiger partial charge in [-0.25, -0.2) is 4.79 Å². The van der Waals surface area contributed by atoms with E-state index in [1.807, 2.05) is 6.07 Å². The van der Waals surface area contributed by atoms with Gasteiger partial charge in [0.1, 0.15) is 0 Å². The molecular formula is C12H14ClNO2. The summed E-state index contributed by atoms with van der Waals surface area (Å²) in [5.41, 5.74) is 1.18. The van der Waals surface area contributed by atoms with Crippen LogP contribution in [0.1, 0.15) is 34.7 Å². The summed E-state index contributed by atoms with van der Waals surface area (Å²) >= 11 is 6.14. The van der Waals surface area contributed by atoms with Crippen molar-refractivity contribution in [3.63, 3.8) is 0 Å². The lowest BCUT2D eigenvalue weighted by Crippen LogP contribution is -2.26. The number of nitrogens with one attached hydrogen (secondary N) is 1. The van der Waals surface area contributed by atoms with Crippen LogP contribution in [0.15, 0.2) is 18.2 Å². The molecule has 16 heavy (non-hydrogen) atoms. The second-order valence-electron chi connectivity index (χ2n) is 4.04. The highest BCUT2D eigenvalue weighted by Crippen LogP contribution is 2.32. The summed E-state index contributed by atoms with van der Waals surface area (Å²) in [7, 11) is 0. The van der Waals surface area contributed by atoms with E-state index >= 15 is 0 Å². The standard InChI is InChI=1S/C12H14ClNO2/c13-11-9(8-4-6-14-7-5-8)2-1-3-10(11)12(15)16/h1-3,8,14H,4-7H2,(H,15,16). The fraction of sp³-hybridized carbons (Fsp3) is 0.417. The molecule has 1 aliphatic rings. The van der Waals surface area contributed by atoms with E-state index in [1.165, 1.54) is 0 Å². The highest BCUT2D eigenvalue weighted by atomic mass is 35.5. The van der Waals surface area contributed by atoms with E-state index in [0.29, 0.717) is 10.9 Å². The minimum Gasteiger partial charge on any atom is -0.478 e. The number of carboxylic acids is 1. The van der Waals surface area contributed by atoms with Gasteiger partial charge in [0.25, 0.3) is 0 Å². The average Bonchev–Trinajstić information content (AvgIpc) is 2.30. The highest BCUT2D eigenvalue weighted by molar-refractivity contribution is 6.34. The molecule has 3 nitrogen and oxygen atoms in total. The van der Waals surface area contributed by atoms with Crippen LogP contribution in [0.4, 0.5) is 0 Å². The molecule has 0 atom stereocenters. The van der Waals surface area contributed by atoms with Gasteiger partial charge in [-0.3, -0.25) is 0 Å². The van der Waals surface area contributed by atoms with Crippen molar-refractivity contribution in [1.29, 1.82) is 0 Å². The number of hydrogen-bond donors (Lipinski definition) is 2. The third-order valence-corrected chi connectivity index (χ3v) is 3.46. The van der Waals surface area contributed by atoms with E-state index in [0.717, 1.165) is 31.5 Å². The minimum atomic E-state index is -0.958. The lowest BCUT2D eigenvalue weighted by molar-refractivity contribution is 0.0697. The number of piperidine rings is 1. The summed E-state index contributed by atoms with van der Waals surface area (Å²) in [4.78, 5) is 11.0. The van der Waals surface area contributed by atoms with Gasteiger partial charge < -0.3 is 10.4 Å². The van der Waals surface area contributed by atoms with Crippen LogP contribution in [0.5, 0.6) is 0 Å². The predicted octanol–water partition coefficient (Wildman–Crippen LogP) is 2.51. The number of rotatable bonds is 2. The quantitative estimate of drug-likeness (QED) is 0.834. The third-order valence-electron chi connectivity index (χ3n) is 3.04. The maximum absolute atomic E-state index is 11.0. The van der Waals surface area contributed by atoms with Crippen LogP contribution < -0.4 is 5.32 Å². The number of halogens is 1. The first kappa shape index (κ1) is 11.4. The van der Waals surface area contributed by atoms with E-state index in [9.17, 15) is 4.79 Å². The minimum absolute atomic E-state index is 0.206. The molecule has 2 rings (SSSR count). The van der Waals surface area contributed by atoms with Crippen molar-refractivity contribution in [2.24, 2.45) is 0 Å². The SMILES string of the molecule is O=C(O)c1cccc(C2CCNCC2)c1Cl. The van der Waals surface area contributed by atoms with Gasteiger partial charge in [-0.1, -0.05) is 23.7 Å². The van der Waals surface area contributed by atoms with Crippen molar-refractivity contribution in [1.82, 2.24) is 5.32 Å². The molecule has 0 saturated carbocycles. The normalized spacial score (nSPS) is 17.3. The van der Waals surface area contributed by atoms with Crippen LogP contribution in [0.25, 0.3) is 0 Å². The van der Waals surface area contributed by atoms with Gasteiger partial charge in [-0.2, -0.15) is 0 Å². The maximum Gasteiger partial charge on any atom is 0.337 e. The molecule has 2 N–H and O–H groups in total. The molecule has 0 spiro atoms. The van der Waals surface area contributed by atoms with Crippen molar-refractivity contribution < 1.29 is 9.90 Å². The molecule has 1 heterocycles. The van der Waals surface area contributed by atoms with E-state index in [2.05, 4.69) is 5.32 Å². The number of aromatic carboxylic acids is 1. The van der Waals surface area contributed by atoms with Crippen molar-refractivity contribution in [2.75, 3.05) is 13.1 Å². The average molecular weight is 240 g/mol. The van der Waals surface area contributed by atoms with Crippen LogP contribution in [-0.4, -0.2) is 24.2 Å². The molecular weight excluding hydrogens is 226 g/mol. The summed E-state index contributed by atoms with van der Waals surface area (Å²) in [5, 5.41) is 12.7. The summed E-state index contributed by atoms with van der Waals surface area (Å²) < 4.78 is 0. The van der Waals surface area contributed by atoms with Gasteiger partial charge in [0.15, 0.2) is 0 Å². The third kappa shape index (κ3) is 2.20. The van der Waals surface area contributed by atoms with Crippen LogP contribution in [0, 0.1) is 0 Å². The molecule has 0 aromatic heterocycles. The van der Waals surface area contributed by atoms with Gasteiger partial charge in [-0.05, 0) is 43.5 Å². The fourth-order valence-corrected chi connectivity index (χ4v) is 2.52. The molecule has 0 unspecified atom stereocenters. The Kier molecular flexibility index (Phi) is 3.46. The monoisotopic (exact) mass is 239 g/mol.